The maximum Gasteiger partial charge on any atom is 0.333 e. The highest BCUT2D eigenvalue weighted by Crippen LogP contribution is 2.12. The minimum absolute atomic E-state index is 0.305. The molecule has 7 heteroatoms. The van der Waals surface area contributed by atoms with E-state index in [1.807, 2.05) is 5.43 Å². The minimum atomic E-state index is -0.507. The van der Waals surface area contributed by atoms with Crippen molar-refractivity contribution < 1.29 is 9.59 Å². The van der Waals surface area contributed by atoms with Crippen molar-refractivity contribution in [2.24, 2.45) is 5.84 Å². The molecule has 0 aliphatic heterocycles. The van der Waals surface area contributed by atoms with Crippen molar-refractivity contribution in [3.63, 3.8) is 0 Å². The zero-order valence-corrected chi connectivity index (χ0v) is 8.70. The summed E-state index contributed by atoms with van der Waals surface area (Å²) < 4.78 is 0. The summed E-state index contributed by atoms with van der Waals surface area (Å²) in [7, 11) is 1.52. The van der Waals surface area contributed by atoms with Gasteiger partial charge in [0, 0.05) is 18.4 Å². The normalized spacial score (nSPS) is 9.12. The van der Waals surface area contributed by atoms with Crippen molar-refractivity contribution in [2.45, 2.75) is 0 Å². The van der Waals surface area contributed by atoms with Crippen molar-refractivity contribution in [3.8, 4) is 0 Å². The van der Waals surface area contributed by atoms with Crippen LogP contribution in [0, 0.1) is 0 Å². The first-order valence-electron chi connectivity index (χ1n) is 4.52. The first-order valence-corrected chi connectivity index (χ1v) is 4.52. The largest absolute Gasteiger partial charge is 0.341 e. The van der Waals surface area contributed by atoms with E-state index in [1.54, 1.807) is 24.3 Å². The second kappa shape index (κ2) is 5.56. The molecule has 0 aliphatic rings. The van der Waals surface area contributed by atoms with Gasteiger partial charge in [-0.3, -0.25) is 5.43 Å². The zero-order chi connectivity index (χ0) is 12.0. The molecule has 0 bridgehead atoms. The van der Waals surface area contributed by atoms with Gasteiger partial charge in [-0.2, -0.15) is 0 Å². The molecule has 0 saturated heterocycles. The average molecular weight is 223 g/mol. The third-order valence-electron chi connectivity index (χ3n) is 1.76. The van der Waals surface area contributed by atoms with Crippen LogP contribution in [-0.4, -0.2) is 19.1 Å². The molecule has 0 heterocycles. The molecule has 16 heavy (non-hydrogen) atoms. The van der Waals surface area contributed by atoms with Gasteiger partial charge >= 0.3 is 12.1 Å². The number of benzene rings is 1. The van der Waals surface area contributed by atoms with E-state index in [9.17, 15) is 9.59 Å². The lowest BCUT2D eigenvalue weighted by atomic mass is 10.3. The second-order valence-corrected chi connectivity index (χ2v) is 2.88. The Bertz CT molecular complexity index is 339. The van der Waals surface area contributed by atoms with Crippen LogP contribution in [0.5, 0.6) is 0 Å². The van der Waals surface area contributed by atoms with Crippen LogP contribution in [0.15, 0.2) is 24.3 Å². The number of hydrogen-bond acceptors (Lipinski definition) is 3. The quantitative estimate of drug-likeness (QED) is 0.285. The Kier molecular flexibility index (Phi) is 4.10. The number of carbonyl (C=O) groups is 2. The number of carbonyl (C=O) groups excluding carboxylic acids is 2. The summed E-state index contributed by atoms with van der Waals surface area (Å²) in [5.74, 6) is 4.91. The van der Waals surface area contributed by atoms with Crippen molar-refractivity contribution >= 4 is 23.4 Å². The van der Waals surface area contributed by atoms with Gasteiger partial charge in [0.25, 0.3) is 0 Å². The van der Waals surface area contributed by atoms with Gasteiger partial charge < -0.3 is 16.0 Å². The highest BCUT2D eigenvalue weighted by molar-refractivity contribution is 5.91. The molecule has 0 radical (unpaired) electrons. The number of urea groups is 2. The summed E-state index contributed by atoms with van der Waals surface area (Å²) >= 11 is 0. The van der Waals surface area contributed by atoms with Crippen LogP contribution in [0.4, 0.5) is 21.0 Å². The Labute approximate surface area is 92.4 Å². The molecule has 0 aliphatic carbocycles. The van der Waals surface area contributed by atoms with E-state index in [0.717, 1.165) is 0 Å². The van der Waals surface area contributed by atoms with Crippen LogP contribution >= 0.6 is 0 Å². The van der Waals surface area contributed by atoms with Crippen molar-refractivity contribution in [1.29, 1.82) is 0 Å². The number of hydrogen-bond donors (Lipinski definition) is 5. The summed E-state index contributed by atoms with van der Waals surface area (Å²) in [5, 5.41) is 7.49. The van der Waals surface area contributed by atoms with E-state index in [0.29, 0.717) is 11.4 Å². The van der Waals surface area contributed by atoms with Crippen LogP contribution < -0.4 is 27.2 Å². The Balaban J connectivity index is 2.60. The van der Waals surface area contributed by atoms with Gasteiger partial charge in [-0.1, -0.05) is 0 Å². The molecule has 6 N–H and O–H groups in total. The lowest BCUT2D eigenvalue weighted by Crippen LogP contribution is -2.34. The summed E-state index contributed by atoms with van der Waals surface area (Å²) in [6.45, 7) is 0. The van der Waals surface area contributed by atoms with Crippen LogP contribution in [0.25, 0.3) is 0 Å². The maximum atomic E-state index is 11.0. The fourth-order valence-electron chi connectivity index (χ4n) is 0.998. The highest BCUT2D eigenvalue weighted by atomic mass is 16.2. The lowest BCUT2D eigenvalue weighted by molar-refractivity contribution is 0.252. The smallest absolute Gasteiger partial charge is 0.333 e. The molecular weight excluding hydrogens is 210 g/mol. The molecule has 0 saturated carbocycles. The molecule has 0 spiro atoms. The molecular formula is C9H13N5O2. The SMILES string of the molecule is CNC(=O)Nc1ccc(NC(=O)NN)cc1. The summed E-state index contributed by atoms with van der Waals surface area (Å²) in [4.78, 5) is 21.8. The van der Waals surface area contributed by atoms with E-state index in [4.69, 9.17) is 5.84 Å². The van der Waals surface area contributed by atoms with Gasteiger partial charge in [0.2, 0.25) is 0 Å². The minimum Gasteiger partial charge on any atom is -0.341 e. The Morgan fingerprint density at radius 3 is 1.81 bits per heavy atom. The van der Waals surface area contributed by atoms with E-state index < -0.39 is 6.03 Å². The van der Waals surface area contributed by atoms with E-state index in [-0.39, 0.29) is 6.03 Å². The van der Waals surface area contributed by atoms with E-state index in [2.05, 4.69) is 16.0 Å². The van der Waals surface area contributed by atoms with E-state index >= 15 is 0 Å². The Hall–Kier alpha value is -2.28. The predicted molar refractivity (Wildman–Crippen MR) is 60.9 cm³/mol. The first kappa shape index (κ1) is 11.8. The van der Waals surface area contributed by atoms with Crippen LogP contribution in [0.2, 0.25) is 0 Å². The molecule has 86 valence electrons. The number of hydrazine groups is 1. The first-order chi connectivity index (χ1) is 7.65. The summed E-state index contributed by atoms with van der Waals surface area (Å²) in [6.07, 6.45) is 0. The maximum absolute atomic E-state index is 11.0. The molecule has 4 amide bonds. The Morgan fingerprint density at radius 1 is 1.00 bits per heavy atom. The molecule has 1 aromatic rings. The van der Waals surface area contributed by atoms with Crippen molar-refractivity contribution in [3.05, 3.63) is 24.3 Å². The van der Waals surface area contributed by atoms with E-state index in [1.165, 1.54) is 7.05 Å². The van der Waals surface area contributed by atoms with Gasteiger partial charge in [0.1, 0.15) is 0 Å². The highest BCUT2D eigenvalue weighted by Gasteiger charge is 2.00. The number of nitrogens with one attached hydrogen (secondary N) is 4. The summed E-state index contributed by atoms with van der Waals surface area (Å²) in [6, 6.07) is 5.77. The molecule has 7 nitrogen and oxygen atoms in total. The monoisotopic (exact) mass is 223 g/mol. The number of amides is 4. The topological polar surface area (TPSA) is 108 Å². The third-order valence-corrected chi connectivity index (χ3v) is 1.76. The fourth-order valence-corrected chi connectivity index (χ4v) is 0.998. The molecule has 0 unspecified atom stereocenters. The van der Waals surface area contributed by atoms with Crippen molar-refractivity contribution in [2.75, 3.05) is 17.7 Å². The molecule has 0 fully saturated rings. The molecule has 0 atom stereocenters. The fraction of sp³-hybridized carbons (Fsp3) is 0.111. The lowest BCUT2D eigenvalue weighted by Gasteiger charge is -2.06. The van der Waals surface area contributed by atoms with Gasteiger partial charge in [-0.15, -0.1) is 0 Å². The standard InChI is InChI=1S/C9H13N5O2/c1-11-8(15)12-6-2-4-7(5-3-6)13-9(16)14-10/h2-5H,10H2,1H3,(H2,11,12,15)(H2,13,14,16). The van der Waals surface area contributed by atoms with Gasteiger partial charge in [-0.05, 0) is 24.3 Å². The zero-order valence-electron chi connectivity index (χ0n) is 8.70. The molecule has 1 aromatic carbocycles. The van der Waals surface area contributed by atoms with Gasteiger partial charge in [-0.25, -0.2) is 15.4 Å². The number of rotatable bonds is 2. The predicted octanol–water partition coefficient (Wildman–Crippen LogP) is 0.433. The molecule has 1 rings (SSSR count). The van der Waals surface area contributed by atoms with Crippen LogP contribution in [0.1, 0.15) is 0 Å². The number of anilines is 2. The number of nitrogens with two attached hydrogens (primary N) is 1. The van der Waals surface area contributed by atoms with Gasteiger partial charge in [0.15, 0.2) is 0 Å². The third kappa shape index (κ3) is 3.46. The van der Waals surface area contributed by atoms with Crippen molar-refractivity contribution in [1.82, 2.24) is 10.7 Å². The second-order valence-electron chi connectivity index (χ2n) is 2.88. The van der Waals surface area contributed by atoms with Gasteiger partial charge in [0.05, 0.1) is 0 Å². The van der Waals surface area contributed by atoms with Crippen LogP contribution in [-0.2, 0) is 0 Å². The van der Waals surface area contributed by atoms with Crippen LogP contribution in [0.3, 0.4) is 0 Å². The summed E-state index contributed by atoms with van der Waals surface area (Å²) in [5.41, 5.74) is 3.14. The average Bonchev–Trinajstić information content (AvgIpc) is 2.31. The Morgan fingerprint density at radius 2 is 1.44 bits per heavy atom. The molecule has 0 aromatic heterocycles.